The second-order valence-electron chi connectivity index (χ2n) is 3.90. The summed E-state index contributed by atoms with van der Waals surface area (Å²) in [6.45, 7) is 4.43. The maximum absolute atomic E-state index is 12.2. The number of anilines is 1. The van der Waals surface area contributed by atoms with Crippen molar-refractivity contribution in [3.8, 4) is 0 Å². The first-order valence-electron chi connectivity index (χ1n) is 5.67. The SMILES string of the molecule is CCNc1cnccc1C(=O)N(C)C(C)CO. The molecular formula is C12H19N3O2. The predicted octanol–water partition coefficient (Wildman–Crippen LogP) is 0.966. The fourth-order valence-electron chi connectivity index (χ4n) is 1.42. The number of aromatic nitrogens is 1. The molecule has 1 rings (SSSR count). The highest BCUT2D eigenvalue weighted by Crippen LogP contribution is 2.16. The Hall–Kier alpha value is -1.62. The quantitative estimate of drug-likeness (QED) is 0.800. The predicted molar refractivity (Wildman–Crippen MR) is 67.0 cm³/mol. The van der Waals surface area contributed by atoms with E-state index in [-0.39, 0.29) is 18.6 Å². The highest BCUT2D eigenvalue weighted by atomic mass is 16.3. The maximum atomic E-state index is 12.2. The maximum Gasteiger partial charge on any atom is 0.256 e. The van der Waals surface area contributed by atoms with E-state index in [1.807, 2.05) is 6.92 Å². The number of pyridine rings is 1. The number of carbonyl (C=O) groups excluding carboxylic acids is 1. The van der Waals surface area contributed by atoms with E-state index in [1.54, 1.807) is 32.4 Å². The van der Waals surface area contributed by atoms with Crippen LogP contribution in [-0.4, -0.2) is 47.1 Å². The van der Waals surface area contributed by atoms with Crippen molar-refractivity contribution in [1.29, 1.82) is 0 Å². The van der Waals surface area contributed by atoms with E-state index in [0.29, 0.717) is 5.56 Å². The first kappa shape index (κ1) is 13.4. The van der Waals surface area contributed by atoms with Crippen LogP contribution in [0.2, 0.25) is 0 Å². The average Bonchev–Trinajstić information content (AvgIpc) is 2.37. The van der Waals surface area contributed by atoms with Gasteiger partial charge in [0.1, 0.15) is 0 Å². The molecule has 1 unspecified atom stereocenters. The minimum atomic E-state index is -0.204. The molecule has 0 saturated heterocycles. The van der Waals surface area contributed by atoms with Crippen LogP contribution in [0.1, 0.15) is 24.2 Å². The minimum absolute atomic E-state index is 0.0517. The molecule has 17 heavy (non-hydrogen) atoms. The van der Waals surface area contributed by atoms with Gasteiger partial charge in [-0.05, 0) is 19.9 Å². The molecule has 0 bridgehead atoms. The van der Waals surface area contributed by atoms with Crippen molar-refractivity contribution in [1.82, 2.24) is 9.88 Å². The second-order valence-corrected chi connectivity index (χ2v) is 3.90. The lowest BCUT2D eigenvalue weighted by atomic mass is 10.1. The first-order chi connectivity index (χ1) is 8.11. The molecule has 0 spiro atoms. The van der Waals surface area contributed by atoms with Crippen LogP contribution in [0.4, 0.5) is 5.69 Å². The zero-order valence-corrected chi connectivity index (χ0v) is 10.5. The largest absolute Gasteiger partial charge is 0.394 e. The molecule has 1 atom stereocenters. The number of likely N-dealkylation sites (N-methyl/N-ethyl adjacent to an activating group) is 1. The standard InChI is InChI=1S/C12H19N3O2/c1-4-14-11-7-13-6-5-10(11)12(17)15(3)9(2)8-16/h5-7,9,14,16H,4,8H2,1-3H3. The van der Waals surface area contributed by atoms with Crippen molar-refractivity contribution >= 4 is 11.6 Å². The zero-order valence-electron chi connectivity index (χ0n) is 10.5. The molecule has 0 saturated carbocycles. The number of aliphatic hydroxyl groups is 1. The highest BCUT2D eigenvalue weighted by molar-refractivity contribution is 5.99. The Kier molecular flexibility index (Phi) is 4.90. The van der Waals surface area contributed by atoms with Crippen molar-refractivity contribution < 1.29 is 9.90 Å². The molecule has 1 heterocycles. The van der Waals surface area contributed by atoms with Crippen LogP contribution in [0.3, 0.4) is 0 Å². The van der Waals surface area contributed by atoms with Gasteiger partial charge in [-0.3, -0.25) is 9.78 Å². The molecule has 1 aromatic heterocycles. The van der Waals surface area contributed by atoms with Gasteiger partial charge in [0.05, 0.1) is 30.1 Å². The molecule has 94 valence electrons. The molecule has 5 nitrogen and oxygen atoms in total. The number of nitrogens with zero attached hydrogens (tertiary/aromatic N) is 2. The Balaban J connectivity index is 2.95. The molecular weight excluding hydrogens is 218 g/mol. The van der Waals surface area contributed by atoms with Gasteiger partial charge in [-0.25, -0.2) is 0 Å². The van der Waals surface area contributed by atoms with Gasteiger partial charge in [-0.2, -0.15) is 0 Å². The third-order valence-electron chi connectivity index (χ3n) is 2.66. The van der Waals surface area contributed by atoms with Gasteiger partial charge < -0.3 is 15.3 Å². The van der Waals surface area contributed by atoms with Crippen molar-refractivity contribution in [2.24, 2.45) is 0 Å². The Morgan fingerprint density at radius 2 is 2.35 bits per heavy atom. The lowest BCUT2D eigenvalue weighted by molar-refractivity contribution is 0.0683. The number of rotatable bonds is 5. The molecule has 1 amide bonds. The minimum Gasteiger partial charge on any atom is -0.394 e. The summed E-state index contributed by atoms with van der Waals surface area (Å²) in [7, 11) is 1.68. The van der Waals surface area contributed by atoms with Crippen molar-refractivity contribution in [3.05, 3.63) is 24.0 Å². The van der Waals surface area contributed by atoms with Crippen LogP contribution in [0, 0.1) is 0 Å². The fraction of sp³-hybridized carbons (Fsp3) is 0.500. The number of carbonyl (C=O) groups is 1. The lowest BCUT2D eigenvalue weighted by Gasteiger charge is -2.24. The van der Waals surface area contributed by atoms with Gasteiger partial charge in [-0.1, -0.05) is 0 Å². The van der Waals surface area contributed by atoms with Gasteiger partial charge in [0.2, 0.25) is 0 Å². The van der Waals surface area contributed by atoms with Crippen molar-refractivity contribution in [3.63, 3.8) is 0 Å². The number of hydrogen-bond acceptors (Lipinski definition) is 4. The summed E-state index contributed by atoms with van der Waals surface area (Å²) in [5.74, 6) is -0.120. The van der Waals surface area contributed by atoms with E-state index < -0.39 is 0 Å². The van der Waals surface area contributed by atoms with Crippen LogP contribution in [0.25, 0.3) is 0 Å². The van der Waals surface area contributed by atoms with E-state index in [1.165, 1.54) is 4.90 Å². The van der Waals surface area contributed by atoms with Crippen LogP contribution >= 0.6 is 0 Å². The summed E-state index contributed by atoms with van der Waals surface area (Å²) in [6.07, 6.45) is 3.22. The van der Waals surface area contributed by atoms with Gasteiger partial charge in [0, 0.05) is 19.8 Å². The molecule has 1 aromatic rings. The summed E-state index contributed by atoms with van der Waals surface area (Å²) < 4.78 is 0. The normalized spacial score (nSPS) is 12.0. The summed E-state index contributed by atoms with van der Waals surface area (Å²) in [5.41, 5.74) is 1.29. The third kappa shape index (κ3) is 3.17. The Bertz CT molecular complexity index is 382. The molecule has 0 aliphatic carbocycles. The van der Waals surface area contributed by atoms with Crippen LogP contribution < -0.4 is 5.32 Å². The zero-order chi connectivity index (χ0) is 12.8. The number of aliphatic hydroxyl groups excluding tert-OH is 1. The fourth-order valence-corrected chi connectivity index (χ4v) is 1.42. The monoisotopic (exact) mass is 237 g/mol. The topological polar surface area (TPSA) is 65.5 Å². The van der Waals surface area contributed by atoms with Crippen LogP contribution in [0.15, 0.2) is 18.5 Å². The van der Waals surface area contributed by atoms with Crippen LogP contribution in [0.5, 0.6) is 0 Å². The van der Waals surface area contributed by atoms with E-state index in [2.05, 4.69) is 10.3 Å². The van der Waals surface area contributed by atoms with E-state index in [9.17, 15) is 4.79 Å². The van der Waals surface area contributed by atoms with Crippen molar-refractivity contribution in [2.75, 3.05) is 25.5 Å². The second kappa shape index (κ2) is 6.20. The smallest absolute Gasteiger partial charge is 0.256 e. The Labute approximate surface area is 101 Å². The number of nitrogens with one attached hydrogen (secondary N) is 1. The molecule has 5 heteroatoms. The summed E-state index contributed by atoms with van der Waals surface area (Å²) in [4.78, 5) is 17.7. The van der Waals surface area contributed by atoms with Crippen molar-refractivity contribution in [2.45, 2.75) is 19.9 Å². The van der Waals surface area contributed by atoms with Gasteiger partial charge in [0.15, 0.2) is 0 Å². The molecule has 2 N–H and O–H groups in total. The lowest BCUT2D eigenvalue weighted by Crippen LogP contribution is -2.37. The molecule has 0 fully saturated rings. The van der Waals surface area contributed by atoms with E-state index in [4.69, 9.17) is 5.11 Å². The summed E-state index contributed by atoms with van der Waals surface area (Å²) in [5, 5.41) is 12.1. The Morgan fingerprint density at radius 3 is 2.94 bits per heavy atom. The van der Waals surface area contributed by atoms with Gasteiger partial charge in [0.25, 0.3) is 5.91 Å². The van der Waals surface area contributed by atoms with Gasteiger partial charge in [-0.15, -0.1) is 0 Å². The molecule has 0 aromatic carbocycles. The molecule has 0 aliphatic rings. The molecule has 0 aliphatic heterocycles. The number of hydrogen-bond donors (Lipinski definition) is 2. The third-order valence-corrected chi connectivity index (χ3v) is 2.66. The van der Waals surface area contributed by atoms with Gasteiger partial charge >= 0.3 is 0 Å². The van der Waals surface area contributed by atoms with Crippen LogP contribution in [-0.2, 0) is 0 Å². The summed E-state index contributed by atoms with van der Waals surface area (Å²) >= 11 is 0. The summed E-state index contributed by atoms with van der Waals surface area (Å²) in [6, 6.07) is 1.48. The molecule has 0 radical (unpaired) electrons. The highest BCUT2D eigenvalue weighted by Gasteiger charge is 2.19. The number of amides is 1. The Morgan fingerprint density at radius 1 is 1.65 bits per heavy atom. The van der Waals surface area contributed by atoms with E-state index in [0.717, 1.165) is 12.2 Å². The first-order valence-corrected chi connectivity index (χ1v) is 5.67. The van der Waals surface area contributed by atoms with E-state index >= 15 is 0 Å². The average molecular weight is 237 g/mol.